The largest absolute Gasteiger partial charge is 0.368 e. The maximum atomic E-state index is 12.9. The minimum atomic E-state index is -0.494. The first-order chi connectivity index (χ1) is 12.0. The van der Waals surface area contributed by atoms with E-state index < -0.39 is 11.9 Å². The number of nitrogens with one attached hydrogen (secondary N) is 1. The Kier molecular flexibility index (Phi) is 5.09. The van der Waals surface area contributed by atoms with Crippen molar-refractivity contribution in [1.82, 2.24) is 10.2 Å². The van der Waals surface area contributed by atoms with Gasteiger partial charge in [0.2, 0.25) is 11.8 Å². The van der Waals surface area contributed by atoms with Crippen molar-refractivity contribution in [2.45, 2.75) is 25.6 Å². The zero-order valence-electron chi connectivity index (χ0n) is 13.7. The monoisotopic (exact) mass is 341 g/mol. The average molecular weight is 341 g/mol. The molecule has 0 spiro atoms. The summed E-state index contributed by atoms with van der Waals surface area (Å²) in [6.45, 7) is 0.904. The summed E-state index contributed by atoms with van der Waals surface area (Å²) in [7, 11) is 0. The Morgan fingerprint density at radius 1 is 1.12 bits per heavy atom. The number of nitrogens with zero attached hydrogens (tertiary/aromatic N) is 1. The molecule has 0 radical (unpaired) electrons. The summed E-state index contributed by atoms with van der Waals surface area (Å²) in [4.78, 5) is 25.8. The Balaban J connectivity index is 1.62. The van der Waals surface area contributed by atoms with Gasteiger partial charge in [-0.1, -0.05) is 36.4 Å². The van der Waals surface area contributed by atoms with Crippen molar-refractivity contribution in [2.75, 3.05) is 6.54 Å². The highest BCUT2D eigenvalue weighted by molar-refractivity contribution is 5.83. The number of primary amides is 1. The normalized spacial score (nSPS) is 16.9. The first kappa shape index (κ1) is 17.1. The van der Waals surface area contributed by atoms with E-state index in [1.54, 1.807) is 17.0 Å². The maximum absolute atomic E-state index is 12.9. The van der Waals surface area contributed by atoms with Gasteiger partial charge in [-0.25, -0.2) is 4.39 Å². The Bertz CT molecular complexity index is 776. The fraction of sp³-hybridized carbons (Fsp3) is 0.263. The molecule has 3 rings (SSSR count). The Hall–Kier alpha value is -2.73. The van der Waals surface area contributed by atoms with E-state index >= 15 is 0 Å². The van der Waals surface area contributed by atoms with Gasteiger partial charge in [0.05, 0.1) is 12.6 Å². The van der Waals surface area contributed by atoms with Crippen LogP contribution in [0.5, 0.6) is 0 Å². The quantitative estimate of drug-likeness (QED) is 0.862. The molecule has 0 fully saturated rings. The van der Waals surface area contributed by atoms with E-state index in [-0.39, 0.29) is 18.3 Å². The second-order valence-electron chi connectivity index (χ2n) is 6.20. The van der Waals surface area contributed by atoms with Gasteiger partial charge in [0, 0.05) is 13.1 Å². The number of halogens is 1. The molecule has 1 aliphatic rings. The van der Waals surface area contributed by atoms with E-state index in [4.69, 9.17) is 5.73 Å². The van der Waals surface area contributed by atoms with Gasteiger partial charge in [0.1, 0.15) is 5.82 Å². The van der Waals surface area contributed by atoms with Crippen LogP contribution in [0.4, 0.5) is 4.39 Å². The molecule has 2 aromatic carbocycles. The second kappa shape index (κ2) is 7.44. The van der Waals surface area contributed by atoms with Gasteiger partial charge in [0.25, 0.3) is 0 Å². The predicted molar refractivity (Wildman–Crippen MR) is 91.8 cm³/mol. The van der Waals surface area contributed by atoms with Crippen LogP contribution in [0.15, 0.2) is 48.5 Å². The highest BCUT2D eigenvalue weighted by Crippen LogP contribution is 2.22. The number of nitrogens with two attached hydrogens (primary N) is 1. The van der Waals surface area contributed by atoms with Crippen molar-refractivity contribution in [3.05, 3.63) is 71.0 Å². The molecule has 1 heterocycles. The van der Waals surface area contributed by atoms with E-state index in [2.05, 4.69) is 5.32 Å². The highest BCUT2D eigenvalue weighted by atomic mass is 19.1. The van der Waals surface area contributed by atoms with Crippen molar-refractivity contribution >= 4 is 11.8 Å². The molecular formula is C19H20FN3O2. The molecule has 6 heteroatoms. The average Bonchev–Trinajstić information content (AvgIpc) is 2.60. The smallest absolute Gasteiger partial charge is 0.235 e. The fourth-order valence-corrected chi connectivity index (χ4v) is 3.07. The minimum Gasteiger partial charge on any atom is -0.368 e. The van der Waals surface area contributed by atoms with Gasteiger partial charge in [0.15, 0.2) is 0 Å². The van der Waals surface area contributed by atoms with Crippen LogP contribution < -0.4 is 11.1 Å². The summed E-state index contributed by atoms with van der Waals surface area (Å²) >= 11 is 0. The van der Waals surface area contributed by atoms with Crippen molar-refractivity contribution in [3.8, 4) is 0 Å². The molecule has 0 saturated carbocycles. The zero-order chi connectivity index (χ0) is 17.8. The van der Waals surface area contributed by atoms with E-state index in [1.165, 1.54) is 12.1 Å². The van der Waals surface area contributed by atoms with Crippen LogP contribution in [0.1, 0.15) is 16.7 Å². The Morgan fingerprint density at radius 3 is 2.48 bits per heavy atom. The molecule has 1 unspecified atom stereocenters. The van der Waals surface area contributed by atoms with Crippen LogP contribution in [0.25, 0.3) is 0 Å². The van der Waals surface area contributed by atoms with Gasteiger partial charge in [-0.3, -0.25) is 14.5 Å². The van der Waals surface area contributed by atoms with Crippen molar-refractivity contribution in [1.29, 1.82) is 0 Å². The van der Waals surface area contributed by atoms with Gasteiger partial charge in [-0.05, 0) is 35.2 Å². The summed E-state index contributed by atoms with van der Waals surface area (Å²) in [6, 6.07) is 13.3. The molecule has 0 bridgehead atoms. The number of hydrogen-bond donors (Lipinski definition) is 2. The molecule has 3 N–H and O–H groups in total. The molecule has 2 amide bonds. The summed E-state index contributed by atoms with van der Waals surface area (Å²) in [5.41, 5.74) is 8.53. The highest BCUT2D eigenvalue weighted by Gasteiger charge is 2.31. The van der Waals surface area contributed by atoms with Gasteiger partial charge >= 0.3 is 0 Å². The molecule has 0 saturated heterocycles. The SMILES string of the molecule is NC(=O)C1Cc2ccccc2CN1CC(=O)NCc1ccc(F)cc1. The first-order valence-corrected chi connectivity index (χ1v) is 8.14. The van der Waals surface area contributed by atoms with Crippen molar-refractivity contribution in [3.63, 3.8) is 0 Å². The fourth-order valence-electron chi connectivity index (χ4n) is 3.07. The topological polar surface area (TPSA) is 75.4 Å². The third kappa shape index (κ3) is 4.22. The number of carbonyl (C=O) groups excluding carboxylic acids is 2. The minimum absolute atomic E-state index is 0.0864. The van der Waals surface area contributed by atoms with Gasteiger partial charge in [-0.2, -0.15) is 0 Å². The molecule has 130 valence electrons. The lowest BCUT2D eigenvalue weighted by atomic mass is 9.93. The summed E-state index contributed by atoms with van der Waals surface area (Å²) < 4.78 is 12.9. The second-order valence-corrected chi connectivity index (χ2v) is 6.20. The lowest BCUT2D eigenvalue weighted by molar-refractivity contribution is -0.127. The summed E-state index contributed by atoms with van der Waals surface area (Å²) in [5.74, 6) is -0.942. The molecule has 0 aliphatic carbocycles. The van der Waals surface area contributed by atoms with Crippen LogP contribution in [-0.2, 0) is 29.1 Å². The number of benzene rings is 2. The van der Waals surface area contributed by atoms with Crippen LogP contribution in [-0.4, -0.2) is 29.3 Å². The van der Waals surface area contributed by atoms with Crippen LogP contribution in [0, 0.1) is 5.82 Å². The van der Waals surface area contributed by atoms with Gasteiger partial charge in [-0.15, -0.1) is 0 Å². The number of amides is 2. The van der Waals surface area contributed by atoms with Crippen LogP contribution in [0.3, 0.4) is 0 Å². The van der Waals surface area contributed by atoms with E-state index in [9.17, 15) is 14.0 Å². The summed E-state index contributed by atoms with van der Waals surface area (Å²) in [5, 5.41) is 2.79. The van der Waals surface area contributed by atoms with E-state index in [0.717, 1.165) is 16.7 Å². The van der Waals surface area contributed by atoms with Gasteiger partial charge < -0.3 is 11.1 Å². The molecule has 5 nitrogen and oxygen atoms in total. The molecule has 1 atom stereocenters. The Morgan fingerprint density at radius 2 is 1.80 bits per heavy atom. The van der Waals surface area contributed by atoms with Crippen molar-refractivity contribution in [2.24, 2.45) is 5.73 Å². The standard InChI is InChI=1S/C19H20FN3O2/c20-16-7-5-13(6-8-16)10-22-18(24)12-23-11-15-4-2-1-3-14(15)9-17(23)19(21)25/h1-8,17H,9-12H2,(H2,21,25)(H,22,24). The molecule has 0 aromatic heterocycles. The zero-order valence-corrected chi connectivity index (χ0v) is 13.7. The lowest BCUT2D eigenvalue weighted by Crippen LogP contribution is -2.51. The van der Waals surface area contributed by atoms with Crippen molar-refractivity contribution < 1.29 is 14.0 Å². The number of carbonyl (C=O) groups is 2. The number of fused-ring (bicyclic) bond motifs is 1. The predicted octanol–water partition coefficient (Wildman–Crippen LogP) is 1.35. The Labute approximate surface area is 145 Å². The van der Waals surface area contributed by atoms with Crippen LogP contribution in [0.2, 0.25) is 0 Å². The number of rotatable bonds is 5. The first-order valence-electron chi connectivity index (χ1n) is 8.14. The lowest BCUT2D eigenvalue weighted by Gasteiger charge is -2.34. The molecule has 25 heavy (non-hydrogen) atoms. The molecular weight excluding hydrogens is 321 g/mol. The van der Waals surface area contributed by atoms with E-state index in [0.29, 0.717) is 19.5 Å². The van der Waals surface area contributed by atoms with Crippen LogP contribution >= 0.6 is 0 Å². The molecule has 1 aliphatic heterocycles. The third-order valence-electron chi connectivity index (χ3n) is 4.42. The third-order valence-corrected chi connectivity index (χ3v) is 4.42. The summed E-state index contributed by atoms with van der Waals surface area (Å²) in [6.07, 6.45) is 0.511. The maximum Gasteiger partial charge on any atom is 0.235 e. The number of hydrogen-bond acceptors (Lipinski definition) is 3. The van der Waals surface area contributed by atoms with E-state index in [1.807, 2.05) is 24.3 Å². The molecule has 2 aromatic rings.